The maximum atomic E-state index is 12.0. The first-order chi connectivity index (χ1) is 20.2. The molecule has 0 aliphatic heterocycles. The molecule has 4 rings (SSSR count). The molecule has 10 heteroatoms. The minimum Gasteiger partial charge on any atom is -0.504 e. The Hall–Kier alpha value is -6.52. The molecule has 10 nitrogen and oxygen atoms in total. The largest absolute Gasteiger partial charge is 0.504 e. The number of anilines is 2. The van der Waals surface area contributed by atoms with E-state index in [2.05, 4.69) is 10.6 Å². The number of phenolic OH excluding ortho intramolecular Hbond substituents is 4. The fraction of sp³-hybridized carbons (Fsp3) is 0. The Morgan fingerprint density at radius 3 is 1.21 bits per heavy atom. The van der Waals surface area contributed by atoms with Crippen LogP contribution in [-0.4, -0.2) is 32.2 Å². The Balaban J connectivity index is 0.000000230. The first-order valence-corrected chi connectivity index (χ1v) is 12.2. The van der Waals surface area contributed by atoms with E-state index in [0.717, 1.165) is 0 Å². The first-order valence-electron chi connectivity index (χ1n) is 12.2. The van der Waals surface area contributed by atoms with Gasteiger partial charge in [0.15, 0.2) is 23.0 Å². The quantitative estimate of drug-likeness (QED) is 0.104. The number of carbonyl (C=O) groups is 2. The van der Waals surface area contributed by atoms with E-state index in [4.69, 9.17) is 10.5 Å². The van der Waals surface area contributed by atoms with E-state index in [9.17, 15) is 30.0 Å². The monoisotopic (exact) mass is 560 g/mol. The molecule has 0 aliphatic rings. The van der Waals surface area contributed by atoms with Crippen molar-refractivity contribution < 1.29 is 30.0 Å². The van der Waals surface area contributed by atoms with Crippen molar-refractivity contribution in [3.63, 3.8) is 0 Å². The molecular formula is C32H24N4O6. The summed E-state index contributed by atoms with van der Waals surface area (Å²) < 4.78 is 0. The molecule has 6 N–H and O–H groups in total. The minimum absolute atomic E-state index is 0.107. The number of phenols is 4. The molecule has 0 unspecified atom stereocenters. The van der Waals surface area contributed by atoms with Gasteiger partial charge in [0.05, 0.1) is 0 Å². The number of carbonyl (C=O) groups excluding carboxylic acids is 2. The molecule has 0 aromatic heterocycles. The lowest BCUT2D eigenvalue weighted by atomic mass is 10.1. The lowest BCUT2D eigenvalue weighted by Gasteiger charge is -2.04. The summed E-state index contributed by atoms with van der Waals surface area (Å²) in [6, 6.07) is 29.2. The summed E-state index contributed by atoms with van der Waals surface area (Å²) in [5, 5.41) is 60.6. The van der Waals surface area contributed by atoms with Crippen LogP contribution in [-0.2, 0) is 9.59 Å². The molecule has 0 saturated heterocycles. The smallest absolute Gasteiger partial charge is 0.266 e. The molecule has 4 aromatic carbocycles. The Morgan fingerprint density at radius 1 is 0.548 bits per heavy atom. The van der Waals surface area contributed by atoms with Crippen LogP contribution in [0, 0.1) is 22.7 Å². The zero-order valence-corrected chi connectivity index (χ0v) is 21.9. The number of nitriles is 2. The van der Waals surface area contributed by atoms with Crippen LogP contribution in [0.4, 0.5) is 11.4 Å². The van der Waals surface area contributed by atoms with Crippen LogP contribution in [0.5, 0.6) is 23.0 Å². The Kier molecular flexibility index (Phi) is 10.4. The zero-order valence-electron chi connectivity index (χ0n) is 21.9. The summed E-state index contributed by atoms with van der Waals surface area (Å²) in [4.78, 5) is 24.0. The molecule has 42 heavy (non-hydrogen) atoms. The Morgan fingerprint density at radius 2 is 0.905 bits per heavy atom. The van der Waals surface area contributed by atoms with Crippen molar-refractivity contribution in [1.29, 1.82) is 10.5 Å². The fourth-order valence-electron chi connectivity index (χ4n) is 3.33. The van der Waals surface area contributed by atoms with Gasteiger partial charge in [0.25, 0.3) is 11.8 Å². The van der Waals surface area contributed by atoms with Crippen LogP contribution >= 0.6 is 0 Å². The van der Waals surface area contributed by atoms with E-state index in [0.29, 0.717) is 22.5 Å². The normalized spacial score (nSPS) is 10.7. The molecule has 0 bridgehead atoms. The molecule has 0 radical (unpaired) electrons. The molecule has 0 saturated carbocycles. The molecule has 208 valence electrons. The lowest BCUT2D eigenvalue weighted by molar-refractivity contribution is -0.113. The second-order valence-electron chi connectivity index (χ2n) is 8.48. The van der Waals surface area contributed by atoms with E-state index in [-0.39, 0.29) is 34.1 Å². The average Bonchev–Trinajstić information content (AvgIpc) is 2.99. The zero-order chi connectivity index (χ0) is 30.5. The third kappa shape index (κ3) is 8.76. The Bertz CT molecular complexity index is 1590. The minimum atomic E-state index is -0.545. The predicted octanol–water partition coefficient (Wildman–Crippen LogP) is 5.29. The number of benzene rings is 4. The number of aromatic hydroxyl groups is 4. The number of rotatable bonds is 6. The summed E-state index contributed by atoms with van der Waals surface area (Å²) in [5.41, 5.74) is 1.82. The lowest BCUT2D eigenvalue weighted by Crippen LogP contribution is -2.13. The maximum Gasteiger partial charge on any atom is 0.266 e. The van der Waals surface area contributed by atoms with E-state index in [1.54, 1.807) is 48.5 Å². The SMILES string of the molecule is N#C/C(=C\c1ccc(O)c(O)c1)C(=O)Nc1ccccc1.N#C/C(=C\c1ccc(O)c(O)c1)C(=O)Nc1ccccc1. The number of amides is 2. The number of hydrogen-bond acceptors (Lipinski definition) is 8. The topological polar surface area (TPSA) is 187 Å². The molecule has 0 atom stereocenters. The van der Waals surface area contributed by atoms with Crippen LogP contribution in [0.1, 0.15) is 11.1 Å². The van der Waals surface area contributed by atoms with E-state index < -0.39 is 11.8 Å². The maximum absolute atomic E-state index is 12.0. The van der Waals surface area contributed by atoms with E-state index in [1.807, 2.05) is 24.3 Å². The van der Waals surface area contributed by atoms with Crippen LogP contribution in [0.15, 0.2) is 108 Å². The third-order valence-electron chi connectivity index (χ3n) is 5.41. The molecule has 0 fully saturated rings. The first kappa shape index (κ1) is 30.0. The van der Waals surface area contributed by atoms with E-state index in [1.165, 1.54) is 48.6 Å². The van der Waals surface area contributed by atoms with Crippen molar-refractivity contribution >= 4 is 35.3 Å². The highest BCUT2D eigenvalue weighted by Crippen LogP contribution is 2.27. The number of nitrogens with one attached hydrogen (secondary N) is 2. The van der Waals surface area contributed by atoms with Gasteiger partial charge in [-0.05, 0) is 71.8 Å². The highest BCUT2D eigenvalue weighted by atomic mass is 16.3. The fourth-order valence-corrected chi connectivity index (χ4v) is 3.33. The van der Waals surface area contributed by atoms with Gasteiger partial charge in [-0.1, -0.05) is 48.5 Å². The summed E-state index contributed by atoms with van der Waals surface area (Å²) in [6.07, 6.45) is 2.66. The van der Waals surface area contributed by atoms with Gasteiger partial charge in [-0.3, -0.25) is 9.59 Å². The van der Waals surface area contributed by atoms with Crippen molar-refractivity contribution in [3.8, 4) is 35.1 Å². The predicted molar refractivity (Wildman–Crippen MR) is 157 cm³/mol. The van der Waals surface area contributed by atoms with Gasteiger partial charge in [-0.2, -0.15) is 10.5 Å². The number of nitrogens with zero attached hydrogens (tertiary/aromatic N) is 2. The van der Waals surface area contributed by atoms with Crippen molar-refractivity contribution in [1.82, 2.24) is 0 Å². The van der Waals surface area contributed by atoms with Gasteiger partial charge in [-0.15, -0.1) is 0 Å². The standard InChI is InChI=1S/2C16H12N2O3/c2*17-10-12(8-11-6-7-14(19)15(20)9-11)16(21)18-13-4-2-1-3-5-13/h2*1-9,19-20H,(H,18,21)/b2*12-8+. The van der Waals surface area contributed by atoms with Crippen LogP contribution < -0.4 is 10.6 Å². The molecule has 0 heterocycles. The number of para-hydroxylation sites is 2. The van der Waals surface area contributed by atoms with E-state index >= 15 is 0 Å². The van der Waals surface area contributed by atoms with Gasteiger partial charge >= 0.3 is 0 Å². The molecule has 0 spiro atoms. The second-order valence-corrected chi connectivity index (χ2v) is 8.48. The molecule has 0 aliphatic carbocycles. The third-order valence-corrected chi connectivity index (χ3v) is 5.41. The summed E-state index contributed by atoms with van der Waals surface area (Å²) in [7, 11) is 0. The van der Waals surface area contributed by atoms with Gasteiger partial charge < -0.3 is 31.1 Å². The van der Waals surface area contributed by atoms with Crippen molar-refractivity contribution in [3.05, 3.63) is 119 Å². The van der Waals surface area contributed by atoms with Gasteiger partial charge in [0.2, 0.25) is 0 Å². The van der Waals surface area contributed by atoms with Crippen molar-refractivity contribution in [2.45, 2.75) is 0 Å². The van der Waals surface area contributed by atoms with Gasteiger partial charge in [0.1, 0.15) is 23.3 Å². The molecule has 2 amide bonds. The average molecular weight is 561 g/mol. The van der Waals surface area contributed by atoms with Gasteiger partial charge in [-0.25, -0.2) is 0 Å². The van der Waals surface area contributed by atoms with Crippen LogP contribution in [0.25, 0.3) is 12.2 Å². The summed E-state index contributed by atoms with van der Waals surface area (Å²) in [6.45, 7) is 0. The highest BCUT2D eigenvalue weighted by Gasteiger charge is 2.11. The molecular weight excluding hydrogens is 536 g/mol. The molecule has 4 aromatic rings. The van der Waals surface area contributed by atoms with Gasteiger partial charge in [0, 0.05) is 11.4 Å². The van der Waals surface area contributed by atoms with Crippen LogP contribution in [0.2, 0.25) is 0 Å². The second kappa shape index (κ2) is 14.6. The number of hydrogen-bond donors (Lipinski definition) is 6. The highest BCUT2D eigenvalue weighted by molar-refractivity contribution is 6.10. The Labute approximate surface area is 241 Å². The summed E-state index contributed by atoms with van der Waals surface area (Å²) in [5.74, 6) is -2.25. The van der Waals surface area contributed by atoms with Crippen molar-refractivity contribution in [2.75, 3.05) is 10.6 Å². The summed E-state index contributed by atoms with van der Waals surface area (Å²) >= 11 is 0. The van der Waals surface area contributed by atoms with Crippen LogP contribution in [0.3, 0.4) is 0 Å². The van der Waals surface area contributed by atoms with Crippen molar-refractivity contribution in [2.24, 2.45) is 0 Å².